The number of phenolic OH excluding ortho intramolecular Hbond substituents is 1. The van der Waals surface area contributed by atoms with Crippen LogP contribution in [0.4, 0.5) is 0 Å². The number of ketones is 1. The van der Waals surface area contributed by atoms with Gasteiger partial charge in [-0.25, -0.2) is 0 Å². The number of methoxy groups -OCH3 is 4. The first-order valence-electron chi connectivity index (χ1n) is 13.1. The predicted molar refractivity (Wildman–Crippen MR) is 142 cm³/mol. The first kappa shape index (κ1) is 31.6. The summed E-state index contributed by atoms with van der Waals surface area (Å²) < 4.78 is 38.6. The monoisotopic (exact) mass is 596 g/mol. The van der Waals surface area contributed by atoms with E-state index in [0.717, 1.165) is 0 Å². The smallest absolute Gasteiger partial charge is 0.229 e. The molecule has 0 radical (unpaired) electrons. The molecule has 0 amide bonds. The lowest BCUT2D eigenvalue weighted by atomic mass is 9.92. The van der Waals surface area contributed by atoms with Crippen LogP contribution in [0.25, 0.3) is 0 Å². The Kier molecular flexibility index (Phi) is 9.99. The van der Waals surface area contributed by atoms with Crippen molar-refractivity contribution in [2.75, 3.05) is 41.7 Å². The average Bonchev–Trinajstić information content (AvgIpc) is 3.45. The minimum atomic E-state index is -1.69. The third-order valence-corrected chi connectivity index (χ3v) is 7.44. The second-order valence-electron chi connectivity index (χ2n) is 9.89. The third kappa shape index (κ3) is 5.92. The standard InChI is InChI=1S/C28H36O14/c1-36-15-7-13(8-16(37-2)22(15)32)26-14(10-29)9-17(40-26)21(31)12-5-18(38-3)27(19(6-12)39-4)42-28-25(35)24(34)23(33)20(11-30)41-28/h5-8,14,17,20,23-26,28-30,32-35H,9-11H2,1-4H3/t14?,17?,20-,23-,24+,25-,26?,28+/m1/s1. The van der Waals surface area contributed by atoms with E-state index in [1.807, 2.05) is 0 Å². The van der Waals surface area contributed by atoms with Crippen molar-refractivity contribution in [2.45, 2.75) is 49.3 Å². The molecule has 2 saturated heterocycles. The number of benzene rings is 2. The molecule has 2 fully saturated rings. The van der Waals surface area contributed by atoms with E-state index in [4.69, 9.17) is 33.2 Å². The molecule has 0 aromatic heterocycles. The Balaban J connectivity index is 1.61. The fourth-order valence-corrected chi connectivity index (χ4v) is 5.12. The van der Waals surface area contributed by atoms with Crippen LogP contribution < -0.4 is 23.7 Å². The highest BCUT2D eigenvalue weighted by molar-refractivity contribution is 6.00. The SMILES string of the molecule is COc1cc(C2OC(C(=O)c3cc(OC)c(O[C@@H]4O[C@H](CO)[C@@H](O)[C@H](O)[C@H]4O)c(OC)c3)CC2CO)cc(OC)c1O. The van der Waals surface area contributed by atoms with Crippen LogP contribution >= 0.6 is 0 Å². The van der Waals surface area contributed by atoms with E-state index in [0.29, 0.717) is 5.56 Å². The van der Waals surface area contributed by atoms with Crippen molar-refractivity contribution in [1.82, 2.24) is 0 Å². The number of aliphatic hydroxyl groups is 5. The maximum Gasteiger partial charge on any atom is 0.229 e. The third-order valence-electron chi connectivity index (χ3n) is 7.44. The van der Waals surface area contributed by atoms with Crippen molar-refractivity contribution < 1.29 is 68.6 Å². The van der Waals surface area contributed by atoms with E-state index in [-0.39, 0.29) is 53.1 Å². The normalized spacial score (nSPS) is 29.2. The Bertz CT molecular complexity index is 1200. The number of ether oxygens (including phenoxy) is 7. The van der Waals surface area contributed by atoms with Gasteiger partial charge < -0.3 is 63.8 Å². The molecule has 0 aliphatic carbocycles. The molecule has 6 N–H and O–H groups in total. The van der Waals surface area contributed by atoms with E-state index < -0.39 is 61.2 Å². The van der Waals surface area contributed by atoms with Crippen LogP contribution in [0.2, 0.25) is 0 Å². The van der Waals surface area contributed by atoms with Crippen LogP contribution in [0.1, 0.15) is 28.4 Å². The van der Waals surface area contributed by atoms with Crippen LogP contribution in [-0.2, 0) is 9.47 Å². The van der Waals surface area contributed by atoms with E-state index in [9.17, 15) is 35.4 Å². The van der Waals surface area contributed by atoms with Crippen LogP contribution in [0, 0.1) is 5.92 Å². The van der Waals surface area contributed by atoms with Crippen molar-refractivity contribution in [1.29, 1.82) is 0 Å². The van der Waals surface area contributed by atoms with E-state index in [1.54, 1.807) is 12.1 Å². The minimum absolute atomic E-state index is 0.0240. The number of aromatic hydroxyl groups is 1. The average molecular weight is 597 g/mol. The zero-order chi connectivity index (χ0) is 30.7. The Morgan fingerprint density at radius 2 is 1.38 bits per heavy atom. The molecule has 2 aliphatic rings. The summed E-state index contributed by atoms with van der Waals surface area (Å²) >= 11 is 0. The number of rotatable bonds is 11. The lowest BCUT2D eigenvalue weighted by Crippen LogP contribution is -2.60. The van der Waals surface area contributed by atoms with E-state index >= 15 is 0 Å². The number of hydrogen-bond donors (Lipinski definition) is 6. The maximum absolute atomic E-state index is 13.6. The van der Waals surface area contributed by atoms with Crippen LogP contribution in [0.3, 0.4) is 0 Å². The zero-order valence-corrected chi connectivity index (χ0v) is 23.5. The molecular formula is C28H36O14. The molecule has 2 aliphatic heterocycles. The highest BCUT2D eigenvalue weighted by Gasteiger charge is 2.46. The summed E-state index contributed by atoms with van der Waals surface area (Å²) in [5, 5.41) is 60.4. The molecule has 8 atom stereocenters. The molecule has 14 nitrogen and oxygen atoms in total. The van der Waals surface area contributed by atoms with Crippen LogP contribution in [0.15, 0.2) is 24.3 Å². The number of carbonyl (C=O) groups excluding carboxylic acids is 1. The first-order chi connectivity index (χ1) is 20.1. The van der Waals surface area contributed by atoms with Crippen molar-refractivity contribution in [3.05, 3.63) is 35.4 Å². The van der Waals surface area contributed by atoms with Gasteiger partial charge in [0.2, 0.25) is 17.8 Å². The van der Waals surface area contributed by atoms with Gasteiger partial charge in [-0.3, -0.25) is 4.79 Å². The summed E-state index contributed by atoms with van der Waals surface area (Å²) in [6, 6.07) is 5.85. The molecule has 42 heavy (non-hydrogen) atoms. The van der Waals surface area contributed by atoms with Gasteiger partial charge in [0, 0.05) is 18.1 Å². The van der Waals surface area contributed by atoms with Crippen molar-refractivity contribution >= 4 is 5.78 Å². The summed E-state index contributed by atoms with van der Waals surface area (Å²) in [7, 11) is 5.40. The van der Waals surface area contributed by atoms with Gasteiger partial charge in [-0.05, 0) is 36.2 Å². The van der Waals surface area contributed by atoms with E-state index in [2.05, 4.69) is 0 Å². The molecule has 0 saturated carbocycles. The number of carbonyl (C=O) groups is 1. The largest absolute Gasteiger partial charge is 0.502 e. The fourth-order valence-electron chi connectivity index (χ4n) is 5.12. The minimum Gasteiger partial charge on any atom is -0.502 e. The Labute approximate surface area is 241 Å². The number of hydrogen-bond acceptors (Lipinski definition) is 14. The molecule has 2 aromatic rings. The first-order valence-corrected chi connectivity index (χ1v) is 13.1. The quantitative estimate of drug-likeness (QED) is 0.188. The van der Waals surface area contributed by atoms with Crippen molar-refractivity contribution in [3.63, 3.8) is 0 Å². The summed E-state index contributed by atoms with van der Waals surface area (Å²) in [6.07, 6.45) is -9.15. The molecule has 4 rings (SSSR count). The summed E-state index contributed by atoms with van der Waals surface area (Å²) in [4.78, 5) is 13.6. The summed E-state index contributed by atoms with van der Waals surface area (Å²) in [5.41, 5.74) is 0.669. The van der Waals surface area contributed by atoms with Gasteiger partial charge in [-0.15, -0.1) is 0 Å². The molecule has 14 heteroatoms. The van der Waals surface area contributed by atoms with Crippen molar-refractivity contribution in [3.8, 4) is 34.5 Å². The molecule has 2 aromatic carbocycles. The molecule has 2 heterocycles. The zero-order valence-electron chi connectivity index (χ0n) is 23.5. The lowest BCUT2D eigenvalue weighted by molar-refractivity contribution is -0.277. The number of aliphatic hydroxyl groups excluding tert-OH is 5. The maximum atomic E-state index is 13.6. The van der Waals surface area contributed by atoms with E-state index in [1.165, 1.54) is 40.6 Å². The van der Waals surface area contributed by atoms with Gasteiger partial charge in [0.1, 0.15) is 30.5 Å². The fraction of sp³-hybridized carbons (Fsp3) is 0.536. The van der Waals surface area contributed by atoms with Gasteiger partial charge in [0.15, 0.2) is 28.8 Å². The highest BCUT2D eigenvalue weighted by atomic mass is 16.7. The molecular weight excluding hydrogens is 560 g/mol. The highest BCUT2D eigenvalue weighted by Crippen LogP contribution is 2.46. The molecule has 0 bridgehead atoms. The second-order valence-corrected chi connectivity index (χ2v) is 9.89. The number of phenols is 1. The number of Topliss-reactive ketones (excluding diaryl/α,β-unsaturated/α-hetero) is 1. The summed E-state index contributed by atoms with van der Waals surface area (Å²) in [5.74, 6) is -0.831. The van der Waals surface area contributed by atoms with Gasteiger partial charge >= 0.3 is 0 Å². The topological polar surface area (TPSA) is 203 Å². The Morgan fingerprint density at radius 1 is 0.810 bits per heavy atom. The second kappa shape index (κ2) is 13.3. The van der Waals surface area contributed by atoms with Crippen LogP contribution in [-0.4, -0.2) is 115 Å². The molecule has 0 spiro atoms. The van der Waals surface area contributed by atoms with Gasteiger partial charge in [0.05, 0.1) is 41.2 Å². The Morgan fingerprint density at radius 3 is 1.88 bits per heavy atom. The summed E-state index contributed by atoms with van der Waals surface area (Å²) in [6.45, 7) is -0.925. The predicted octanol–water partition coefficient (Wildman–Crippen LogP) is -0.0733. The Hall–Kier alpha value is -3.37. The van der Waals surface area contributed by atoms with Crippen LogP contribution in [0.5, 0.6) is 34.5 Å². The molecule has 3 unspecified atom stereocenters. The van der Waals surface area contributed by atoms with Crippen molar-refractivity contribution in [2.24, 2.45) is 5.92 Å². The van der Waals surface area contributed by atoms with Gasteiger partial charge in [-0.2, -0.15) is 0 Å². The van der Waals surface area contributed by atoms with Gasteiger partial charge in [0.25, 0.3) is 0 Å². The van der Waals surface area contributed by atoms with Gasteiger partial charge in [-0.1, -0.05) is 0 Å². The lowest BCUT2D eigenvalue weighted by Gasteiger charge is -2.39. The molecule has 232 valence electrons.